The number of benzene rings is 1. The second-order valence-corrected chi connectivity index (χ2v) is 3.18. The van der Waals surface area contributed by atoms with Gasteiger partial charge in [0, 0.05) is 24.1 Å². The molecule has 1 rings (SSSR count). The molecule has 0 bridgehead atoms. The van der Waals surface area contributed by atoms with Gasteiger partial charge in [0.25, 0.3) is 0 Å². The molecule has 1 aromatic rings. The zero-order valence-electron chi connectivity index (χ0n) is 8.86. The number of hydrogen-bond acceptors (Lipinski definition) is 3. The van der Waals surface area contributed by atoms with Crippen LogP contribution in [-0.2, 0) is 0 Å². The summed E-state index contributed by atoms with van der Waals surface area (Å²) in [5, 5.41) is 8.43. The molecule has 3 nitrogen and oxygen atoms in total. The largest absolute Gasteiger partial charge is 0.330 e. The van der Waals surface area contributed by atoms with Gasteiger partial charge in [0.2, 0.25) is 0 Å². The van der Waals surface area contributed by atoms with Crippen LogP contribution in [0.5, 0.6) is 0 Å². The monoisotopic (exact) mass is 212 g/mol. The molecule has 16 heavy (non-hydrogen) atoms. The van der Waals surface area contributed by atoms with Gasteiger partial charge < -0.3 is 5.73 Å². The number of carbonyl (C=O) groups excluding carboxylic acids is 1. The Kier molecular flexibility index (Phi) is 4.79. The van der Waals surface area contributed by atoms with E-state index in [0.29, 0.717) is 18.5 Å². The Morgan fingerprint density at radius 1 is 1.44 bits per heavy atom. The summed E-state index contributed by atoms with van der Waals surface area (Å²) < 4.78 is 0. The highest BCUT2D eigenvalue weighted by Crippen LogP contribution is 2.06. The molecule has 0 saturated heterocycles. The Bertz CT molecular complexity index is 475. The molecule has 0 aliphatic carbocycles. The SMILES string of the molecule is N#CCC(=O)c1cccc(C#CCCN)c1. The molecular weight excluding hydrogens is 200 g/mol. The number of nitrogens with zero attached hydrogens (tertiary/aromatic N) is 1. The maximum absolute atomic E-state index is 11.4. The Labute approximate surface area is 94.9 Å². The zero-order valence-corrected chi connectivity index (χ0v) is 8.86. The third-order valence-electron chi connectivity index (χ3n) is 1.93. The molecule has 0 saturated carbocycles. The predicted molar refractivity (Wildman–Crippen MR) is 61.6 cm³/mol. The molecule has 0 unspecified atom stereocenters. The van der Waals surface area contributed by atoms with Crippen molar-refractivity contribution in [2.24, 2.45) is 5.73 Å². The molecule has 0 heterocycles. The van der Waals surface area contributed by atoms with E-state index in [9.17, 15) is 4.79 Å². The van der Waals surface area contributed by atoms with E-state index in [1.165, 1.54) is 0 Å². The maximum atomic E-state index is 11.4. The first kappa shape index (κ1) is 12.0. The molecule has 0 amide bonds. The number of nitriles is 1. The molecular formula is C13H12N2O. The summed E-state index contributed by atoms with van der Waals surface area (Å²) in [4.78, 5) is 11.4. The van der Waals surface area contributed by atoms with E-state index in [0.717, 1.165) is 5.56 Å². The van der Waals surface area contributed by atoms with Crippen LogP contribution < -0.4 is 5.73 Å². The topological polar surface area (TPSA) is 66.9 Å². The molecule has 0 aliphatic heterocycles. The van der Waals surface area contributed by atoms with Crippen LogP contribution in [0.15, 0.2) is 24.3 Å². The van der Waals surface area contributed by atoms with E-state index in [1.54, 1.807) is 18.2 Å². The van der Waals surface area contributed by atoms with Crippen LogP contribution in [-0.4, -0.2) is 12.3 Å². The van der Waals surface area contributed by atoms with Crippen LogP contribution in [0, 0.1) is 23.2 Å². The number of carbonyl (C=O) groups is 1. The first-order chi connectivity index (χ1) is 7.77. The molecule has 0 aromatic heterocycles. The second kappa shape index (κ2) is 6.40. The number of rotatable bonds is 3. The lowest BCUT2D eigenvalue weighted by molar-refractivity contribution is 0.0997. The van der Waals surface area contributed by atoms with Crippen LogP contribution in [0.25, 0.3) is 0 Å². The van der Waals surface area contributed by atoms with Crippen molar-refractivity contribution in [2.75, 3.05) is 6.54 Å². The summed E-state index contributed by atoms with van der Waals surface area (Å²) in [6.07, 6.45) is 0.538. The van der Waals surface area contributed by atoms with E-state index in [2.05, 4.69) is 11.8 Å². The maximum Gasteiger partial charge on any atom is 0.176 e. The molecule has 0 spiro atoms. The van der Waals surface area contributed by atoms with Crippen LogP contribution in [0.4, 0.5) is 0 Å². The molecule has 0 radical (unpaired) electrons. The fourth-order valence-corrected chi connectivity index (χ4v) is 1.18. The van der Waals surface area contributed by atoms with Crippen LogP contribution >= 0.6 is 0 Å². The average Bonchev–Trinajstić information content (AvgIpc) is 2.30. The minimum Gasteiger partial charge on any atom is -0.330 e. The number of nitrogens with two attached hydrogens (primary N) is 1. The normalized spacial score (nSPS) is 8.75. The first-order valence-corrected chi connectivity index (χ1v) is 4.97. The summed E-state index contributed by atoms with van der Waals surface area (Å²) >= 11 is 0. The highest BCUT2D eigenvalue weighted by Gasteiger charge is 2.04. The van der Waals surface area contributed by atoms with E-state index in [4.69, 9.17) is 11.0 Å². The summed E-state index contributed by atoms with van der Waals surface area (Å²) in [5.74, 6) is 5.64. The van der Waals surface area contributed by atoms with Crippen molar-refractivity contribution in [1.82, 2.24) is 0 Å². The van der Waals surface area contributed by atoms with Gasteiger partial charge in [-0.15, -0.1) is 0 Å². The van der Waals surface area contributed by atoms with Gasteiger partial charge in [0.15, 0.2) is 5.78 Å². The Balaban J connectivity index is 2.85. The zero-order chi connectivity index (χ0) is 11.8. The van der Waals surface area contributed by atoms with Crippen molar-refractivity contribution in [3.63, 3.8) is 0 Å². The fraction of sp³-hybridized carbons (Fsp3) is 0.231. The lowest BCUT2D eigenvalue weighted by atomic mass is 10.1. The van der Waals surface area contributed by atoms with Crippen molar-refractivity contribution in [3.05, 3.63) is 35.4 Å². The minimum absolute atomic E-state index is 0.0975. The van der Waals surface area contributed by atoms with Gasteiger partial charge in [-0.05, 0) is 12.1 Å². The van der Waals surface area contributed by atoms with E-state index in [1.807, 2.05) is 12.1 Å². The van der Waals surface area contributed by atoms with Gasteiger partial charge in [-0.2, -0.15) is 5.26 Å². The molecule has 1 aromatic carbocycles. The summed E-state index contributed by atoms with van der Waals surface area (Å²) in [5.41, 5.74) is 6.62. The summed E-state index contributed by atoms with van der Waals surface area (Å²) in [6, 6.07) is 8.81. The van der Waals surface area contributed by atoms with E-state index in [-0.39, 0.29) is 12.2 Å². The van der Waals surface area contributed by atoms with Crippen molar-refractivity contribution in [1.29, 1.82) is 5.26 Å². The average molecular weight is 212 g/mol. The first-order valence-electron chi connectivity index (χ1n) is 4.97. The van der Waals surface area contributed by atoms with Crippen molar-refractivity contribution in [2.45, 2.75) is 12.8 Å². The second-order valence-electron chi connectivity index (χ2n) is 3.18. The lowest BCUT2D eigenvalue weighted by Crippen LogP contribution is -1.97. The Morgan fingerprint density at radius 2 is 2.25 bits per heavy atom. The standard InChI is InChI=1S/C13H12N2O/c14-8-2-1-4-11-5-3-6-12(10-11)13(16)7-9-15/h3,5-6,10H,2,7-8,14H2. The van der Waals surface area contributed by atoms with Crippen LogP contribution in [0.1, 0.15) is 28.8 Å². The third kappa shape index (κ3) is 3.57. The van der Waals surface area contributed by atoms with E-state index < -0.39 is 0 Å². The highest BCUT2D eigenvalue weighted by molar-refractivity contribution is 5.97. The smallest absolute Gasteiger partial charge is 0.176 e. The van der Waals surface area contributed by atoms with Crippen LogP contribution in [0.3, 0.4) is 0 Å². The van der Waals surface area contributed by atoms with Gasteiger partial charge in [-0.25, -0.2) is 0 Å². The van der Waals surface area contributed by atoms with Gasteiger partial charge in [0.05, 0.1) is 12.5 Å². The van der Waals surface area contributed by atoms with Crippen molar-refractivity contribution in [3.8, 4) is 17.9 Å². The third-order valence-corrected chi connectivity index (χ3v) is 1.93. The van der Waals surface area contributed by atoms with Gasteiger partial charge in [-0.1, -0.05) is 24.0 Å². The summed E-state index contributed by atoms with van der Waals surface area (Å²) in [7, 11) is 0. The van der Waals surface area contributed by atoms with Crippen molar-refractivity contribution >= 4 is 5.78 Å². The number of ketones is 1. The Hall–Kier alpha value is -2.10. The molecule has 3 heteroatoms. The lowest BCUT2D eigenvalue weighted by Gasteiger charge is -1.96. The molecule has 0 aliphatic rings. The number of Topliss-reactive ketones (excluding diaryl/α,β-unsaturated/α-hetero) is 1. The fourth-order valence-electron chi connectivity index (χ4n) is 1.18. The van der Waals surface area contributed by atoms with Crippen LogP contribution in [0.2, 0.25) is 0 Å². The molecule has 80 valence electrons. The van der Waals surface area contributed by atoms with Gasteiger partial charge in [0.1, 0.15) is 0 Å². The number of hydrogen-bond donors (Lipinski definition) is 1. The van der Waals surface area contributed by atoms with Gasteiger partial charge in [-0.3, -0.25) is 4.79 Å². The Morgan fingerprint density at radius 3 is 2.94 bits per heavy atom. The van der Waals surface area contributed by atoms with Gasteiger partial charge >= 0.3 is 0 Å². The van der Waals surface area contributed by atoms with Crippen molar-refractivity contribution < 1.29 is 4.79 Å². The molecule has 2 N–H and O–H groups in total. The summed E-state index contributed by atoms with van der Waals surface area (Å²) in [6.45, 7) is 0.528. The van der Waals surface area contributed by atoms with E-state index >= 15 is 0 Å². The predicted octanol–water partition coefficient (Wildman–Crippen LogP) is 1.48. The highest BCUT2D eigenvalue weighted by atomic mass is 16.1. The molecule has 0 atom stereocenters. The molecule has 0 fully saturated rings. The minimum atomic E-state index is -0.176. The quantitative estimate of drug-likeness (QED) is 0.609.